The first-order valence-corrected chi connectivity index (χ1v) is 4.73. The van der Waals surface area contributed by atoms with Gasteiger partial charge in [-0.2, -0.15) is 0 Å². The molecule has 13 heavy (non-hydrogen) atoms. The predicted octanol–water partition coefficient (Wildman–Crippen LogP) is 1.93. The summed E-state index contributed by atoms with van der Waals surface area (Å²) in [5.74, 6) is 0. The Kier molecular flexibility index (Phi) is 2.66. The number of rotatable bonds is 1. The fourth-order valence-electron chi connectivity index (χ4n) is 2.28. The summed E-state index contributed by atoms with van der Waals surface area (Å²) >= 11 is 0. The summed E-state index contributed by atoms with van der Waals surface area (Å²) < 4.78 is 0. The molecule has 1 heterocycles. The first-order valence-electron chi connectivity index (χ1n) is 4.73. The Labute approximate surface area is 80.5 Å². The lowest BCUT2D eigenvalue weighted by molar-refractivity contribution is 0.197. The summed E-state index contributed by atoms with van der Waals surface area (Å²) in [7, 11) is 1.61. The van der Waals surface area contributed by atoms with Crippen molar-refractivity contribution in [3.05, 3.63) is 0 Å². The monoisotopic (exact) mass is 184 g/mol. The fourth-order valence-corrected chi connectivity index (χ4v) is 2.28. The van der Waals surface area contributed by atoms with Gasteiger partial charge in [-0.25, -0.2) is 0 Å². The van der Waals surface area contributed by atoms with E-state index in [-0.39, 0.29) is 11.1 Å². The van der Waals surface area contributed by atoms with E-state index in [1.54, 1.807) is 7.11 Å². The van der Waals surface area contributed by atoms with E-state index >= 15 is 0 Å². The second-order valence-electron chi connectivity index (χ2n) is 5.09. The number of hydrogen-bond acceptors (Lipinski definition) is 3. The molecule has 1 saturated heterocycles. The summed E-state index contributed by atoms with van der Waals surface area (Å²) in [6.45, 7) is 8.77. The predicted molar refractivity (Wildman–Crippen MR) is 55.0 cm³/mol. The van der Waals surface area contributed by atoms with Crippen molar-refractivity contribution in [3.63, 3.8) is 0 Å². The largest absolute Gasteiger partial charge is 0.399 e. The van der Waals surface area contributed by atoms with E-state index in [1.807, 2.05) is 0 Å². The zero-order chi connectivity index (χ0) is 10.1. The van der Waals surface area contributed by atoms with E-state index in [0.717, 1.165) is 18.6 Å². The average Bonchev–Trinajstić information content (AvgIpc) is 1.78. The van der Waals surface area contributed by atoms with Gasteiger partial charge in [-0.05, 0) is 27.7 Å². The second kappa shape index (κ2) is 3.29. The highest BCUT2D eigenvalue weighted by Gasteiger charge is 2.35. The van der Waals surface area contributed by atoms with Gasteiger partial charge in [0.2, 0.25) is 0 Å². The van der Waals surface area contributed by atoms with Gasteiger partial charge in [0.05, 0.1) is 5.71 Å². The third-order valence-electron chi connectivity index (χ3n) is 2.19. The highest BCUT2D eigenvalue weighted by atomic mass is 16.6. The molecule has 0 radical (unpaired) electrons. The van der Waals surface area contributed by atoms with Crippen LogP contribution in [0.3, 0.4) is 0 Å². The van der Waals surface area contributed by atoms with Gasteiger partial charge in [0.1, 0.15) is 7.11 Å². The topological polar surface area (TPSA) is 33.6 Å². The maximum atomic E-state index is 4.83. The molecule has 1 fully saturated rings. The zero-order valence-electron chi connectivity index (χ0n) is 9.27. The van der Waals surface area contributed by atoms with E-state index in [1.165, 1.54) is 0 Å². The highest BCUT2D eigenvalue weighted by molar-refractivity contribution is 5.86. The number of nitrogens with zero attached hydrogens (tertiary/aromatic N) is 1. The van der Waals surface area contributed by atoms with Crippen LogP contribution in [-0.4, -0.2) is 23.9 Å². The van der Waals surface area contributed by atoms with Gasteiger partial charge in [0.25, 0.3) is 0 Å². The molecule has 0 amide bonds. The van der Waals surface area contributed by atoms with E-state index in [0.29, 0.717) is 0 Å². The Morgan fingerprint density at radius 1 is 1.15 bits per heavy atom. The van der Waals surface area contributed by atoms with Gasteiger partial charge in [-0.3, -0.25) is 0 Å². The maximum Gasteiger partial charge on any atom is 0.106 e. The van der Waals surface area contributed by atoms with Crippen LogP contribution in [-0.2, 0) is 4.84 Å². The summed E-state index contributed by atoms with van der Waals surface area (Å²) in [5, 5.41) is 7.64. The Bertz CT molecular complexity index is 201. The molecule has 0 aromatic carbocycles. The molecule has 1 rings (SSSR count). The van der Waals surface area contributed by atoms with Crippen molar-refractivity contribution in [1.29, 1.82) is 0 Å². The molecule has 76 valence electrons. The van der Waals surface area contributed by atoms with Crippen molar-refractivity contribution < 1.29 is 4.84 Å². The smallest absolute Gasteiger partial charge is 0.106 e. The Morgan fingerprint density at radius 2 is 1.62 bits per heavy atom. The number of oxime groups is 1. The third kappa shape index (κ3) is 2.99. The fraction of sp³-hybridized carbons (Fsp3) is 0.900. The Hall–Kier alpha value is -0.570. The normalized spacial score (nSPS) is 25.5. The average molecular weight is 184 g/mol. The van der Waals surface area contributed by atoms with E-state index in [4.69, 9.17) is 4.84 Å². The molecule has 1 aliphatic rings. The molecule has 1 N–H and O–H groups in total. The molecule has 1 aliphatic heterocycles. The van der Waals surface area contributed by atoms with Crippen LogP contribution >= 0.6 is 0 Å². The molecule has 3 heteroatoms. The zero-order valence-corrected chi connectivity index (χ0v) is 9.27. The van der Waals surface area contributed by atoms with Gasteiger partial charge in [-0.15, -0.1) is 0 Å². The molecule has 0 saturated carbocycles. The van der Waals surface area contributed by atoms with Crippen LogP contribution in [0.15, 0.2) is 5.16 Å². The molecule has 0 aromatic heterocycles. The Balaban J connectivity index is 2.78. The van der Waals surface area contributed by atoms with Crippen molar-refractivity contribution in [1.82, 2.24) is 5.32 Å². The van der Waals surface area contributed by atoms with E-state index < -0.39 is 0 Å². The minimum atomic E-state index is 0.124. The molecular weight excluding hydrogens is 164 g/mol. The second-order valence-corrected chi connectivity index (χ2v) is 5.09. The number of piperidine rings is 1. The van der Waals surface area contributed by atoms with Gasteiger partial charge in [0, 0.05) is 23.9 Å². The lowest BCUT2D eigenvalue weighted by Crippen LogP contribution is -2.58. The molecule has 0 bridgehead atoms. The summed E-state index contributed by atoms with van der Waals surface area (Å²) in [6.07, 6.45) is 1.93. The molecule has 0 atom stereocenters. The van der Waals surface area contributed by atoms with Gasteiger partial charge < -0.3 is 10.2 Å². The van der Waals surface area contributed by atoms with Crippen molar-refractivity contribution in [2.75, 3.05) is 7.11 Å². The van der Waals surface area contributed by atoms with Gasteiger partial charge in [0.15, 0.2) is 0 Å². The summed E-state index contributed by atoms with van der Waals surface area (Å²) in [4.78, 5) is 4.83. The summed E-state index contributed by atoms with van der Waals surface area (Å²) in [6, 6.07) is 0. The summed E-state index contributed by atoms with van der Waals surface area (Å²) in [5.41, 5.74) is 1.40. The lowest BCUT2D eigenvalue weighted by atomic mass is 9.81. The van der Waals surface area contributed by atoms with Crippen molar-refractivity contribution >= 4 is 5.71 Å². The lowest BCUT2D eigenvalue weighted by Gasteiger charge is -2.42. The number of hydrogen-bond donors (Lipinski definition) is 1. The number of nitrogens with one attached hydrogen (secondary N) is 1. The van der Waals surface area contributed by atoms with Crippen LogP contribution in [0.4, 0.5) is 0 Å². The minimum Gasteiger partial charge on any atom is -0.399 e. The quantitative estimate of drug-likeness (QED) is 0.632. The molecule has 3 nitrogen and oxygen atoms in total. The van der Waals surface area contributed by atoms with Crippen molar-refractivity contribution in [2.24, 2.45) is 5.16 Å². The van der Waals surface area contributed by atoms with E-state index in [9.17, 15) is 0 Å². The van der Waals surface area contributed by atoms with Crippen LogP contribution in [0.2, 0.25) is 0 Å². The standard InChI is InChI=1S/C10H20N2O/c1-9(2)6-8(11-13-5)7-10(3,4)12-9/h12H,6-7H2,1-5H3. The molecule has 0 unspecified atom stereocenters. The Morgan fingerprint density at radius 3 is 2.00 bits per heavy atom. The van der Waals surface area contributed by atoms with Crippen molar-refractivity contribution in [3.8, 4) is 0 Å². The van der Waals surface area contributed by atoms with Crippen molar-refractivity contribution in [2.45, 2.75) is 51.6 Å². The van der Waals surface area contributed by atoms with Crippen LogP contribution in [0.1, 0.15) is 40.5 Å². The minimum absolute atomic E-state index is 0.124. The third-order valence-corrected chi connectivity index (χ3v) is 2.19. The van der Waals surface area contributed by atoms with Crippen LogP contribution in [0.5, 0.6) is 0 Å². The highest BCUT2D eigenvalue weighted by Crippen LogP contribution is 2.26. The van der Waals surface area contributed by atoms with Gasteiger partial charge >= 0.3 is 0 Å². The molecule has 0 spiro atoms. The van der Waals surface area contributed by atoms with Gasteiger partial charge in [-0.1, -0.05) is 5.16 Å². The molecular formula is C10H20N2O. The van der Waals surface area contributed by atoms with Crippen LogP contribution < -0.4 is 5.32 Å². The maximum absolute atomic E-state index is 4.83. The molecule has 0 aliphatic carbocycles. The van der Waals surface area contributed by atoms with Crippen LogP contribution in [0, 0.1) is 0 Å². The first kappa shape index (κ1) is 10.5. The SMILES string of the molecule is CON=C1CC(C)(C)NC(C)(C)C1. The molecule has 0 aromatic rings. The van der Waals surface area contributed by atoms with E-state index in [2.05, 4.69) is 38.2 Å². The first-order chi connectivity index (χ1) is 5.85. The van der Waals surface area contributed by atoms with Crippen LogP contribution in [0.25, 0.3) is 0 Å².